The van der Waals surface area contributed by atoms with Crippen molar-refractivity contribution in [2.45, 2.75) is 19.0 Å². The van der Waals surface area contributed by atoms with Gasteiger partial charge in [-0.05, 0) is 43.7 Å². The number of H-pyrrole nitrogens is 1. The minimum atomic E-state index is -0.455. The predicted molar refractivity (Wildman–Crippen MR) is 103 cm³/mol. The first-order valence-electron chi connectivity index (χ1n) is 8.22. The highest BCUT2D eigenvalue weighted by Crippen LogP contribution is 2.21. The lowest BCUT2D eigenvalue weighted by Crippen LogP contribution is -2.17. The molecule has 0 radical (unpaired) electrons. The number of benzene rings is 2. The SMILES string of the molecule is CCOC(=O)c1ccccc1NC(=O)CSc1nc2ccc(C)cc2[nH]1. The van der Waals surface area contributed by atoms with Crippen molar-refractivity contribution in [1.82, 2.24) is 9.97 Å². The van der Waals surface area contributed by atoms with E-state index in [2.05, 4.69) is 15.3 Å². The first-order chi connectivity index (χ1) is 12.6. The van der Waals surface area contributed by atoms with Gasteiger partial charge in [-0.3, -0.25) is 4.79 Å². The Labute approximate surface area is 155 Å². The number of carbonyl (C=O) groups excluding carboxylic acids is 2. The van der Waals surface area contributed by atoms with Crippen LogP contribution in [0.25, 0.3) is 11.0 Å². The molecule has 0 saturated heterocycles. The second-order valence-corrected chi connectivity index (χ2v) is 6.63. The van der Waals surface area contributed by atoms with Crippen LogP contribution in [0.3, 0.4) is 0 Å². The smallest absolute Gasteiger partial charge is 0.340 e. The highest BCUT2D eigenvalue weighted by Gasteiger charge is 2.14. The number of thioether (sulfide) groups is 1. The second kappa shape index (κ2) is 8.05. The molecule has 0 unspecified atom stereocenters. The number of nitrogens with one attached hydrogen (secondary N) is 2. The van der Waals surface area contributed by atoms with E-state index in [1.54, 1.807) is 31.2 Å². The molecule has 3 rings (SSSR count). The fourth-order valence-corrected chi connectivity index (χ4v) is 3.15. The van der Waals surface area contributed by atoms with Crippen LogP contribution in [0.4, 0.5) is 5.69 Å². The van der Waals surface area contributed by atoms with Gasteiger partial charge in [-0.1, -0.05) is 30.0 Å². The summed E-state index contributed by atoms with van der Waals surface area (Å²) in [5.41, 5.74) is 3.74. The molecule has 7 heteroatoms. The third-order valence-corrected chi connectivity index (χ3v) is 4.53. The van der Waals surface area contributed by atoms with E-state index in [0.717, 1.165) is 16.6 Å². The molecular formula is C19H19N3O3S. The normalized spacial score (nSPS) is 10.7. The number of para-hydroxylation sites is 1. The van der Waals surface area contributed by atoms with Crippen LogP contribution in [0.5, 0.6) is 0 Å². The van der Waals surface area contributed by atoms with E-state index in [1.165, 1.54) is 11.8 Å². The standard InChI is InChI=1S/C19H19N3O3S/c1-3-25-18(24)13-6-4-5-7-14(13)20-17(23)11-26-19-21-15-9-8-12(2)10-16(15)22-19/h4-10H,3,11H2,1-2H3,(H,20,23)(H,21,22). The maximum absolute atomic E-state index is 12.3. The second-order valence-electron chi connectivity index (χ2n) is 5.67. The zero-order valence-electron chi connectivity index (χ0n) is 14.5. The molecule has 6 nitrogen and oxygen atoms in total. The number of aromatic amines is 1. The van der Waals surface area contributed by atoms with Gasteiger partial charge in [0.15, 0.2) is 5.16 Å². The number of imidazole rings is 1. The molecule has 0 atom stereocenters. The molecule has 134 valence electrons. The zero-order valence-corrected chi connectivity index (χ0v) is 15.4. The summed E-state index contributed by atoms with van der Waals surface area (Å²) in [6, 6.07) is 12.8. The molecule has 2 aromatic carbocycles. The van der Waals surface area contributed by atoms with Crippen LogP contribution in [-0.4, -0.2) is 34.2 Å². The van der Waals surface area contributed by atoms with Crippen molar-refractivity contribution in [3.05, 3.63) is 53.6 Å². The van der Waals surface area contributed by atoms with Crippen LogP contribution in [0.1, 0.15) is 22.8 Å². The molecule has 0 aliphatic rings. The summed E-state index contributed by atoms with van der Waals surface area (Å²) >= 11 is 1.31. The molecule has 2 N–H and O–H groups in total. The van der Waals surface area contributed by atoms with Gasteiger partial charge in [-0.2, -0.15) is 0 Å². The molecule has 0 fully saturated rings. The lowest BCUT2D eigenvalue weighted by molar-refractivity contribution is -0.113. The van der Waals surface area contributed by atoms with Crippen molar-refractivity contribution < 1.29 is 14.3 Å². The largest absolute Gasteiger partial charge is 0.462 e. The van der Waals surface area contributed by atoms with Crippen LogP contribution < -0.4 is 5.32 Å². The number of hydrogen-bond acceptors (Lipinski definition) is 5. The monoisotopic (exact) mass is 369 g/mol. The van der Waals surface area contributed by atoms with Crippen LogP contribution in [0, 0.1) is 6.92 Å². The first-order valence-corrected chi connectivity index (χ1v) is 9.20. The summed E-state index contributed by atoms with van der Waals surface area (Å²) in [4.78, 5) is 31.9. The van der Waals surface area contributed by atoms with E-state index in [1.807, 2.05) is 25.1 Å². The van der Waals surface area contributed by atoms with E-state index in [4.69, 9.17) is 4.74 Å². The van der Waals surface area contributed by atoms with Crippen molar-refractivity contribution >= 4 is 40.4 Å². The van der Waals surface area contributed by atoms with Gasteiger partial charge in [-0.15, -0.1) is 0 Å². The minimum absolute atomic E-state index is 0.177. The van der Waals surface area contributed by atoms with Gasteiger partial charge in [0.2, 0.25) is 5.91 Å². The van der Waals surface area contributed by atoms with E-state index >= 15 is 0 Å². The molecule has 0 saturated carbocycles. The topological polar surface area (TPSA) is 84.1 Å². The summed E-state index contributed by atoms with van der Waals surface area (Å²) in [6.07, 6.45) is 0. The Hall–Kier alpha value is -2.80. The molecule has 1 heterocycles. The third kappa shape index (κ3) is 4.23. The van der Waals surface area contributed by atoms with Gasteiger partial charge in [0.05, 0.1) is 34.6 Å². The van der Waals surface area contributed by atoms with E-state index in [0.29, 0.717) is 16.4 Å². The van der Waals surface area contributed by atoms with Crippen LogP contribution in [0.15, 0.2) is 47.6 Å². The van der Waals surface area contributed by atoms with Crippen molar-refractivity contribution in [2.75, 3.05) is 17.7 Å². The molecule has 0 spiro atoms. The number of amides is 1. The highest BCUT2D eigenvalue weighted by atomic mass is 32.2. The Morgan fingerprint density at radius 2 is 2.04 bits per heavy atom. The Bertz CT molecular complexity index is 952. The number of anilines is 1. The number of aromatic nitrogens is 2. The van der Waals surface area contributed by atoms with E-state index in [-0.39, 0.29) is 18.3 Å². The van der Waals surface area contributed by atoms with Crippen LogP contribution >= 0.6 is 11.8 Å². The quantitative estimate of drug-likeness (QED) is 0.510. The summed E-state index contributed by atoms with van der Waals surface area (Å²) < 4.78 is 5.01. The summed E-state index contributed by atoms with van der Waals surface area (Å²) in [6.45, 7) is 4.04. The van der Waals surface area contributed by atoms with Gasteiger partial charge in [-0.25, -0.2) is 9.78 Å². The minimum Gasteiger partial charge on any atom is -0.462 e. The van der Waals surface area contributed by atoms with Gasteiger partial charge in [0.1, 0.15) is 0 Å². The average Bonchev–Trinajstić information content (AvgIpc) is 3.02. The number of ether oxygens (including phenoxy) is 1. The Kier molecular flexibility index (Phi) is 5.58. The van der Waals surface area contributed by atoms with Crippen molar-refractivity contribution in [3.8, 4) is 0 Å². The lowest BCUT2D eigenvalue weighted by atomic mass is 10.2. The first kappa shape index (κ1) is 18.0. The Morgan fingerprint density at radius 1 is 1.23 bits per heavy atom. The number of nitrogens with zero attached hydrogens (tertiary/aromatic N) is 1. The number of esters is 1. The number of fused-ring (bicyclic) bond motifs is 1. The van der Waals surface area contributed by atoms with Gasteiger partial charge in [0, 0.05) is 0 Å². The van der Waals surface area contributed by atoms with Gasteiger partial charge < -0.3 is 15.0 Å². The van der Waals surface area contributed by atoms with Crippen molar-refractivity contribution in [3.63, 3.8) is 0 Å². The summed E-state index contributed by atoms with van der Waals surface area (Å²) in [7, 11) is 0. The van der Waals surface area contributed by atoms with Gasteiger partial charge >= 0.3 is 5.97 Å². The number of hydrogen-bond donors (Lipinski definition) is 2. The molecule has 1 amide bonds. The third-order valence-electron chi connectivity index (χ3n) is 3.65. The fourth-order valence-electron chi connectivity index (χ4n) is 2.47. The van der Waals surface area contributed by atoms with Crippen molar-refractivity contribution in [2.24, 2.45) is 0 Å². The molecule has 0 aliphatic heterocycles. The van der Waals surface area contributed by atoms with Crippen LogP contribution in [-0.2, 0) is 9.53 Å². The van der Waals surface area contributed by atoms with Crippen LogP contribution in [0.2, 0.25) is 0 Å². The van der Waals surface area contributed by atoms with E-state index < -0.39 is 5.97 Å². The molecule has 26 heavy (non-hydrogen) atoms. The average molecular weight is 369 g/mol. The highest BCUT2D eigenvalue weighted by molar-refractivity contribution is 7.99. The lowest BCUT2D eigenvalue weighted by Gasteiger charge is -2.09. The van der Waals surface area contributed by atoms with Gasteiger partial charge in [0.25, 0.3) is 0 Å². The predicted octanol–water partition coefficient (Wildman–Crippen LogP) is 3.78. The molecule has 1 aromatic heterocycles. The summed E-state index contributed by atoms with van der Waals surface area (Å²) in [5.74, 6) is -0.497. The Balaban J connectivity index is 1.64. The number of rotatable bonds is 6. The number of aryl methyl sites for hydroxylation is 1. The molecule has 3 aromatic rings. The summed E-state index contributed by atoms with van der Waals surface area (Å²) in [5, 5.41) is 3.44. The zero-order chi connectivity index (χ0) is 18.5. The Morgan fingerprint density at radius 3 is 2.85 bits per heavy atom. The van der Waals surface area contributed by atoms with Crippen molar-refractivity contribution in [1.29, 1.82) is 0 Å². The number of carbonyl (C=O) groups is 2. The maximum Gasteiger partial charge on any atom is 0.340 e. The van der Waals surface area contributed by atoms with E-state index in [9.17, 15) is 9.59 Å². The maximum atomic E-state index is 12.3. The fraction of sp³-hybridized carbons (Fsp3) is 0.211. The molecule has 0 bridgehead atoms. The molecule has 0 aliphatic carbocycles. The molecular weight excluding hydrogens is 350 g/mol.